The summed E-state index contributed by atoms with van der Waals surface area (Å²) in [5.74, 6) is -1.24. The first kappa shape index (κ1) is 14.6. The molecule has 0 spiro atoms. The molecule has 6 heteroatoms. The minimum atomic E-state index is -0.723. The third-order valence-corrected chi connectivity index (χ3v) is 3.03. The monoisotopic (exact) mass is 288 g/mol. The fourth-order valence-electron chi connectivity index (χ4n) is 1.81. The predicted molar refractivity (Wildman–Crippen MR) is 76.8 cm³/mol. The van der Waals surface area contributed by atoms with Crippen LogP contribution in [0.3, 0.4) is 0 Å². The van der Waals surface area contributed by atoms with Crippen molar-refractivity contribution in [2.24, 2.45) is 0 Å². The number of nitrogens with zero attached hydrogens (tertiary/aromatic N) is 1. The molecule has 0 heterocycles. The van der Waals surface area contributed by atoms with Crippen LogP contribution in [0.4, 0.5) is 15.8 Å². The van der Waals surface area contributed by atoms with E-state index in [0.29, 0.717) is 5.56 Å². The third-order valence-electron chi connectivity index (χ3n) is 3.03. The number of carbonyl (C=O) groups is 1. The number of hydrogen-bond acceptors (Lipinski definition) is 3. The van der Waals surface area contributed by atoms with E-state index in [4.69, 9.17) is 0 Å². The lowest BCUT2D eigenvalue weighted by Gasteiger charge is -2.07. The molecular weight excluding hydrogens is 275 g/mol. The quantitative estimate of drug-likeness (QED) is 0.690. The van der Waals surface area contributed by atoms with Crippen LogP contribution >= 0.6 is 0 Å². The van der Waals surface area contributed by atoms with Gasteiger partial charge in [0.1, 0.15) is 5.82 Å². The van der Waals surface area contributed by atoms with Crippen molar-refractivity contribution in [2.45, 2.75) is 13.3 Å². The van der Waals surface area contributed by atoms with Gasteiger partial charge in [-0.25, -0.2) is 4.39 Å². The van der Waals surface area contributed by atoms with Gasteiger partial charge in [-0.15, -0.1) is 0 Å². The van der Waals surface area contributed by atoms with Crippen LogP contribution in [-0.2, 0) is 6.42 Å². The predicted octanol–water partition coefficient (Wildman–Crippen LogP) is 3.55. The van der Waals surface area contributed by atoms with Crippen LogP contribution < -0.4 is 5.32 Å². The molecule has 21 heavy (non-hydrogen) atoms. The number of anilines is 1. The molecule has 2 aromatic rings. The van der Waals surface area contributed by atoms with Gasteiger partial charge in [0.05, 0.1) is 10.6 Å². The fourth-order valence-corrected chi connectivity index (χ4v) is 1.81. The second kappa shape index (κ2) is 6.13. The van der Waals surface area contributed by atoms with Crippen molar-refractivity contribution in [2.75, 3.05) is 5.32 Å². The zero-order chi connectivity index (χ0) is 15.4. The molecule has 1 amide bonds. The zero-order valence-corrected chi connectivity index (χ0v) is 11.3. The van der Waals surface area contributed by atoms with Crippen molar-refractivity contribution in [1.82, 2.24) is 0 Å². The van der Waals surface area contributed by atoms with E-state index in [1.54, 1.807) is 24.3 Å². The Morgan fingerprint density at radius 2 is 1.90 bits per heavy atom. The second-order valence-corrected chi connectivity index (χ2v) is 4.43. The van der Waals surface area contributed by atoms with Crippen LogP contribution in [0.5, 0.6) is 0 Å². The van der Waals surface area contributed by atoms with E-state index in [1.807, 2.05) is 6.92 Å². The fraction of sp³-hybridized carbons (Fsp3) is 0.133. The summed E-state index contributed by atoms with van der Waals surface area (Å²) in [6.07, 6.45) is 0.849. The smallest absolute Gasteiger partial charge is 0.271 e. The lowest BCUT2D eigenvalue weighted by Crippen LogP contribution is -2.13. The normalized spacial score (nSPS) is 10.2. The first-order valence-electron chi connectivity index (χ1n) is 6.35. The lowest BCUT2D eigenvalue weighted by molar-refractivity contribution is -0.384. The molecule has 0 aliphatic heterocycles. The van der Waals surface area contributed by atoms with Crippen LogP contribution in [0, 0.1) is 15.9 Å². The first-order valence-corrected chi connectivity index (χ1v) is 6.35. The standard InChI is InChI=1S/C15H13FN2O3/c1-2-10-3-5-11(6-4-10)15(19)17-14-9-12(18(20)21)7-8-13(14)16/h3-9H,2H2,1H3,(H,17,19). The van der Waals surface area contributed by atoms with Gasteiger partial charge in [-0.3, -0.25) is 14.9 Å². The maximum atomic E-state index is 13.6. The maximum Gasteiger partial charge on any atom is 0.271 e. The Morgan fingerprint density at radius 3 is 2.48 bits per heavy atom. The van der Waals surface area contributed by atoms with Gasteiger partial charge >= 0.3 is 0 Å². The molecule has 5 nitrogen and oxygen atoms in total. The largest absolute Gasteiger partial charge is 0.319 e. The molecule has 0 radical (unpaired) electrons. The summed E-state index contributed by atoms with van der Waals surface area (Å²) in [6, 6.07) is 9.85. The Kier molecular flexibility index (Phi) is 4.27. The summed E-state index contributed by atoms with van der Waals surface area (Å²) < 4.78 is 13.6. The van der Waals surface area contributed by atoms with Crippen molar-refractivity contribution in [1.29, 1.82) is 0 Å². The van der Waals surface area contributed by atoms with Crippen LogP contribution in [0.2, 0.25) is 0 Å². The Hall–Kier alpha value is -2.76. The van der Waals surface area contributed by atoms with Gasteiger partial charge in [-0.05, 0) is 30.2 Å². The van der Waals surface area contributed by atoms with E-state index in [1.165, 1.54) is 0 Å². The maximum absolute atomic E-state index is 13.6. The Labute approximate surface area is 120 Å². The van der Waals surface area contributed by atoms with Crippen LogP contribution in [0.1, 0.15) is 22.8 Å². The number of amides is 1. The number of benzene rings is 2. The number of halogens is 1. The number of hydrogen-bond donors (Lipinski definition) is 1. The topological polar surface area (TPSA) is 72.2 Å². The summed E-state index contributed by atoms with van der Waals surface area (Å²) in [4.78, 5) is 22.0. The van der Waals surface area contributed by atoms with E-state index < -0.39 is 16.6 Å². The highest BCUT2D eigenvalue weighted by molar-refractivity contribution is 6.04. The molecule has 2 rings (SSSR count). The Balaban J connectivity index is 2.22. The van der Waals surface area contributed by atoms with E-state index in [0.717, 1.165) is 30.2 Å². The molecule has 0 unspecified atom stereocenters. The third kappa shape index (κ3) is 3.42. The number of non-ortho nitro benzene ring substituents is 1. The number of nitro groups is 1. The molecule has 108 valence electrons. The molecule has 0 saturated carbocycles. The van der Waals surface area contributed by atoms with Gasteiger partial charge in [-0.1, -0.05) is 19.1 Å². The molecule has 0 aliphatic rings. The van der Waals surface area contributed by atoms with E-state index in [-0.39, 0.29) is 11.4 Å². The van der Waals surface area contributed by atoms with Crippen molar-refractivity contribution < 1.29 is 14.1 Å². The van der Waals surface area contributed by atoms with E-state index in [2.05, 4.69) is 5.32 Å². The van der Waals surface area contributed by atoms with Crippen molar-refractivity contribution in [3.8, 4) is 0 Å². The Bertz CT molecular complexity index is 684. The molecule has 1 N–H and O–H groups in total. The molecule has 0 saturated heterocycles. The molecule has 0 aliphatic carbocycles. The van der Waals surface area contributed by atoms with Gasteiger partial charge in [0.2, 0.25) is 0 Å². The van der Waals surface area contributed by atoms with E-state index in [9.17, 15) is 19.3 Å². The molecular formula is C15H13FN2O3. The van der Waals surface area contributed by atoms with Gasteiger partial charge in [-0.2, -0.15) is 0 Å². The number of carbonyl (C=O) groups excluding carboxylic acids is 1. The summed E-state index contributed by atoms with van der Waals surface area (Å²) in [5.41, 5.74) is 0.938. The van der Waals surface area contributed by atoms with Gasteiger partial charge in [0, 0.05) is 17.7 Å². The Morgan fingerprint density at radius 1 is 1.24 bits per heavy atom. The number of nitro benzene ring substituents is 1. The van der Waals surface area contributed by atoms with Crippen molar-refractivity contribution in [3.05, 3.63) is 69.5 Å². The summed E-state index contributed by atoms with van der Waals surface area (Å²) in [7, 11) is 0. The van der Waals surface area contributed by atoms with Gasteiger partial charge < -0.3 is 5.32 Å². The number of nitrogens with one attached hydrogen (secondary N) is 1. The zero-order valence-electron chi connectivity index (χ0n) is 11.3. The lowest BCUT2D eigenvalue weighted by atomic mass is 10.1. The first-order chi connectivity index (χ1) is 10.0. The second-order valence-electron chi connectivity index (χ2n) is 4.43. The minimum absolute atomic E-state index is 0.214. The summed E-state index contributed by atoms with van der Waals surface area (Å²) in [5, 5.41) is 13.0. The highest BCUT2D eigenvalue weighted by Crippen LogP contribution is 2.21. The molecule has 0 bridgehead atoms. The minimum Gasteiger partial charge on any atom is -0.319 e. The molecule has 0 atom stereocenters. The average molecular weight is 288 g/mol. The SMILES string of the molecule is CCc1ccc(C(=O)Nc2cc([N+](=O)[O-])ccc2F)cc1. The summed E-state index contributed by atoms with van der Waals surface area (Å²) >= 11 is 0. The highest BCUT2D eigenvalue weighted by atomic mass is 19.1. The van der Waals surface area contributed by atoms with Crippen LogP contribution in [-0.4, -0.2) is 10.8 Å². The molecule has 0 fully saturated rings. The van der Waals surface area contributed by atoms with E-state index >= 15 is 0 Å². The number of rotatable bonds is 4. The van der Waals surface area contributed by atoms with Crippen molar-refractivity contribution >= 4 is 17.3 Å². The average Bonchev–Trinajstić information content (AvgIpc) is 2.49. The molecule has 2 aromatic carbocycles. The highest BCUT2D eigenvalue weighted by Gasteiger charge is 2.14. The molecule has 0 aromatic heterocycles. The van der Waals surface area contributed by atoms with Crippen LogP contribution in [0.15, 0.2) is 42.5 Å². The van der Waals surface area contributed by atoms with Crippen molar-refractivity contribution in [3.63, 3.8) is 0 Å². The van der Waals surface area contributed by atoms with Gasteiger partial charge in [0.15, 0.2) is 0 Å². The van der Waals surface area contributed by atoms with Crippen LogP contribution in [0.25, 0.3) is 0 Å². The number of aryl methyl sites for hydroxylation is 1. The summed E-state index contributed by atoms with van der Waals surface area (Å²) in [6.45, 7) is 1.99. The van der Waals surface area contributed by atoms with Gasteiger partial charge in [0.25, 0.3) is 11.6 Å².